The lowest BCUT2D eigenvalue weighted by Crippen LogP contribution is -2.25. The van der Waals surface area contributed by atoms with Crippen LogP contribution in [-0.4, -0.2) is 16.1 Å². The molecule has 1 aliphatic heterocycles. The van der Waals surface area contributed by atoms with Gasteiger partial charge in [0.25, 0.3) is 0 Å². The van der Waals surface area contributed by atoms with Gasteiger partial charge in [0.2, 0.25) is 0 Å². The lowest BCUT2D eigenvalue weighted by Gasteiger charge is -2.23. The Labute approximate surface area is 101 Å². The van der Waals surface area contributed by atoms with Gasteiger partial charge >= 0.3 is 0 Å². The highest BCUT2D eigenvalue weighted by atomic mass is 15.1. The molecule has 0 spiro atoms. The summed E-state index contributed by atoms with van der Waals surface area (Å²) in [5.41, 5.74) is 8.27. The molecule has 3 heteroatoms. The second-order valence-corrected chi connectivity index (χ2v) is 4.69. The number of nitrogens with zero attached hydrogens (tertiary/aromatic N) is 2. The number of rotatable bonds is 2. The zero-order valence-electron chi connectivity index (χ0n) is 9.84. The topological polar surface area (TPSA) is 43.8 Å². The van der Waals surface area contributed by atoms with E-state index < -0.39 is 0 Å². The summed E-state index contributed by atoms with van der Waals surface area (Å²) in [6.07, 6.45) is 4.24. The fourth-order valence-electron chi connectivity index (χ4n) is 2.55. The summed E-state index contributed by atoms with van der Waals surface area (Å²) in [5, 5.41) is 0. The molecule has 0 saturated heterocycles. The number of fused-ring (bicyclic) bond motifs is 1. The molecule has 3 nitrogen and oxygen atoms in total. The van der Waals surface area contributed by atoms with E-state index in [0.717, 1.165) is 25.3 Å². The summed E-state index contributed by atoms with van der Waals surface area (Å²) < 4.78 is 2.33. The smallest absolute Gasteiger partial charge is 0.140 e. The molecule has 1 unspecified atom stereocenters. The van der Waals surface area contributed by atoms with Crippen LogP contribution in [0.2, 0.25) is 0 Å². The van der Waals surface area contributed by atoms with Crippen molar-refractivity contribution in [1.82, 2.24) is 9.55 Å². The molecule has 2 aromatic rings. The number of nitrogens with two attached hydrogens (primary N) is 1. The molecule has 0 aliphatic carbocycles. The molecule has 0 fully saturated rings. The van der Waals surface area contributed by atoms with Gasteiger partial charge in [-0.2, -0.15) is 0 Å². The van der Waals surface area contributed by atoms with Gasteiger partial charge in [0.15, 0.2) is 0 Å². The third-order valence-electron chi connectivity index (χ3n) is 3.56. The Morgan fingerprint density at radius 2 is 2.12 bits per heavy atom. The van der Waals surface area contributed by atoms with Gasteiger partial charge in [0.05, 0.1) is 0 Å². The number of hydrogen-bond acceptors (Lipinski definition) is 2. The molecule has 17 heavy (non-hydrogen) atoms. The summed E-state index contributed by atoms with van der Waals surface area (Å²) in [4.78, 5) is 4.56. The van der Waals surface area contributed by atoms with E-state index in [0.29, 0.717) is 5.92 Å². The maximum atomic E-state index is 5.75. The summed E-state index contributed by atoms with van der Waals surface area (Å²) >= 11 is 0. The van der Waals surface area contributed by atoms with Crippen LogP contribution >= 0.6 is 0 Å². The van der Waals surface area contributed by atoms with Gasteiger partial charge in [-0.15, -0.1) is 0 Å². The van der Waals surface area contributed by atoms with E-state index in [4.69, 9.17) is 5.73 Å². The van der Waals surface area contributed by atoms with Crippen LogP contribution in [0.15, 0.2) is 36.5 Å². The first-order chi connectivity index (χ1) is 8.38. The summed E-state index contributed by atoms with van der Waals surface area (Å²) in [6.45, 7) is 1.83. The fourth-order valence-corrected chi connectivity index (χ4v) is 2.55. The third kappa shape index (κ3) is 1.87. The van der Waals surface area contributed by atoms with E-state index in [9.17, 15) is 0 Å². The molecule has 0 radical (unpaired) electrons. The maximum absolute atomic E-state index is 5.75. The van der Waals surface area contributed by atoms with Crippen molar-refractivity contribution < 1.29 is 0 Å². The minimum Gasteiger partial charge on any atom is -0.330 e. The minimum atomic E-state index is 0.628. The Hall–Kier alpha value is -1.61. The van der Waals surface area contributed by atoms with Crippen molar-refractivity contribution in [1.29, 1.82) is 0 Å². The Bertz CT molecular complexity index is 501. The van der Waals surface area contributed by atoms with Crippen molar-refractivity contribution in [2.75, 3.05) is 6.54 Å². The van der Waals surface area contributed by atoms with Crippen molar-refractivity contribution in [3.8, 4) is 11.4 Å². The van der Waals surface area contributed by atoms with Gasteiger partial charge in [-0.05, 0) is 25.3 Å². The summed E-state index contributed by atoms with van der Waals surface area (Å²) in [6, 6.07) is 10.4. The lowest BCUT2D eigenvalue weighted by molar-refractivity contribution is 0.398. The molecule has 0 bridgehead atoms. The number of hydrogen-bond donors (Lipinski definition) is 1. The quantitative estimate of drug-likeness (QED) is 0.853. The molecule has 1 atom stereocenters. The van der Waals surface area contributed by atoms with E-state index in [1.54, 1.807) is 0 Å². The van der Waals surface area contributed by atoms with Crippen molar-refractivity contribution in [2.24, 2.45) is 11.7 Å². The van der Waals surface area contributed by atoms with Gasteiger partial charge in [0.1, 0.15) is 5.82 Å². The average molecular weight is 227 g/mol. The van der Waals surface area contributed by atoms with Gasteiger partial charge < -0.3 is 10.3 Å². The molecule has 2 N–H and O–H groups in total. The SMILES string of the molecule is NCC1CCn2c(cnc2-c2ccccc2)C1. The van der Waals surface area contributed by atoms with Gasteiger partial charge in [-0.25, -0.2) is 4.98 Å². The largest absolute Gasteiger partial charge is 0.330 e. The minimum absolute atomic E-state index is 0.628. The van der Waals surface area contributed by atoms with Crippen LogP contribution in [0.5, 0.6) is 0 Å². The second-order valence-electron chi connectivity index (χ2n) is 4.69. The van der Waals surface area contributed by atoms with Crippen LogP contribution in [0.1, 0.15) is 12.1 Å². The third-order valence-corrected chi connectivity index (χ3v) is 3.56. The maximum Gasteiger partial charge on any atom is 0.140 e. The molecule has 1 aliphatic rings. The number of aromatic nitrogens is 2. The lowest BCUT2D eigenvalue weighted by atomic mass is 9.96. The predicted molar refractivity (Wildman–Crippen MR) is 68.5 cm³/mol. The summed E-state index contributed by atoms with van der Waals surface area (Å²) in [5.74, 6) is 1.72. The Morgan fingerprint density at radius 1 is 1.29 bits per heavy atom. The number of imidazole rings is 1. The normalized spacial score (nSPS) is 19.0. The van der Waals surface area contributed by atoms with Crippen LogP contribution in [-0.2, 0) is 13.0 Å². The fraction of sp³-hybridized carbons (Fsp3) is 0.357. The van der Waals surface area contributed by atoms with E-state index in [1.807, 2.05) is 12.3 Å². The van der Waals surface area contributed by atoms with Crippen LogP contribution in [0, 0.1) is 5.92 Å². The zero-order valence-corrected chi connectivity index (χ0v) is 9.84. The van der Waals surface area contributed by atoms with Crippen molar-refractivity contribution in [3.05, 3.63) is 42.2 Å². The highest BCUT2D eigenvalue weighted by Gasteiger charge is 2.20. The molecule has 88 valence electrons. The molecule has 0 saturated carbocycles. The highest BCUT2D eigenvalue weighted by molar-refractivity contribution is 5.56. The van der Waals surface area contributed by atoms with Crippen LogP contribution in [0.4, 0.5) is 0 Å². The van der Waals surface area contributed by atoms with Gasteiger partial charge in [-0.1, -0.05) is 30.3 Å². The molecular formula is C14H17N3. The average Bonchev–Trinajstić information content (AvgIpc) is 2.82. The van der Waals surface area contributed by atoms with E-state index in [1.165, 1.54) is 17.7 Å². The van der Waals surface area contributed by atoms with Crippen molar-refractivity contribution >= 4 is 0 Å². The standard InChI is InChI=1S/C14H17N3/c15-9-11-6-7-17-13(8-11)10-16-14(17)12-4-2-1-3-5-12/h1-5,10-11H,6-9,15H2. The van der Waals surface area contributed by atoms with Gasteiger partial charge in [-0.3, -0.25) is 0 Å². The van der Waals surface area contributed by atoms with Gasteiger partial charge in [0, 0.05) is 24.0 Å². The molecule has 3 rings (SSSR count). The summed E-state index contributed by atoms with van der Waals surface area (Å²) in [7, 11) is 0. The Kier molecular flexibility index (Phi) is 2.69. The number of benzene rings is 1. The van der Waals surface area contributed by atoms with E-state index >= 15 is 0 Å². The molecule has 2 heterocycles. The first kappa shape index (κ1) is 10.5. The van der Waals surface area contributed by atoms with Crippen LogP contribution in [0.25, 0.3) is 11.4 Å². The molecule has 0 amide bonds. The van der Waals surface area contributed by atoms with Crippen molar-refractivity contribution in [3.63, 3.8) is 0 Å². The first-order valence-electron chi connectivity index (χ1n) is 6.18. The Balaban J connectivity index is 1.97. The molecule has 1 aromatic heterocycles. The van der Waals surface area contributed by atoms with Crippen LogP contribution in [0.3, 0.4) is 0 Å². The first-order valence-corrected chi connectivity index (χ1v) is 6.18. The predicted octanol–water partition coefficient (Wildman–Crippen LogP) is 2.07. The second kappa shape index (κ2) is 4.34. The van der Waals surface area contributed by atoms with Crippen molar-refractivity contribution in [2.45, 2.75) is 19.4 Å². The molecule has 1 aromatic carbocycles. The molecular weight excluding hydrogens is 210 g/mol. The monoisotopic (exact) mass is 227 g/mol. The van der Waals surface area contributed by atoms with E-state index in [-0.39, 0.29) is 0 Å². The highest BCUT2D eigenvalue weighted by Crippen LogP contribution is 2.26. The van der Waals surface area contributed by atoms with E-state index in [2.05, 4.69) is 33.8 Å². The van der Waals surface area contributed by atoms with Crippen LogP contribution < -0.4 is 5.73 Å². The zero-order chi connectivity index (χ0) is 11.7. The Morgan fingerprint density at radius 3 is 2.88 bits per heavy atom.